The van der Waals surface area contributed by atoms with Crippen molar-refractivity contribution in [2.45, 2.75) is 13.8 Å². The van der Waals surface area contributed by atoms with Crippen molar-refractivity contribution in [3.8, 4) is 0 Å². The van der Waals surface area contributed by atoms with Gasteiger partial charge in [0.05, 0.1) is 17.5 Å². The van der Waals surface area contributed by atoms with E-state index in [4.69, 9.17) is 5.11 Å². The van der Waals surface area contributed by atoms with E-state index < -0.39 is 34.9 Å². The van der Waals surface area contributed by atoms with Crippen molar-refractivity contribution in [3.63, 3.8) is 0 Å². The van der Waals surface area contributed by atoms with Gasteiger partial charge in [-0.1, -0.05) is 29.8 Å². The number of anilines is 1. The zero-order chi connectivity index (χ0) is 14.4. The molecule has 1 amide bonds. The van der Waals surface area contributed by atoms with Gasteiger partial charge >= 0.3 is 5.97 Å². The van der Waals surface area contributed by atoms with Crippen molar-refractivity contribution in [1.82, 2.24) is 0 Å². The quantitative estimate of drug-likeness (QED) is 0.896. The normalized spacial score (nSPS) is 23.8. The number of amides is 1. The van der Waals surface area contributed by atoms with Crippen LogP contribution in [0.3, 0.4) is 0 Å². The third kappa shape index (κ3) is 2.49. The fourth-order valence-electron chi connectivity index (χ4n) is 2.39. The second-order valence-corrected chi connectivity index (χ2v) is 6.14. The lowest BCUT2D eigenvalue weighted by atomic mass is 10.1. The number of carboxylic acids is 1. The average molecular weight is 330 g/mol. The van der Waals surface area contributed by atoms with E-state index in [-0.39, 0.29) is 5.69 Å². The van der Waals surface area contributed by atoms with Crippen LogP contribution in [0.1, 0.15) is 13.8 Å². The van der Waals surface area contributed by atoms with Crippen LogP contribution in [-0.4, -0.2) is 17.0 Å². The molecule has 1 aliphatic carbocycles. The summed E-state index contributed by atoms with van der Waals surface area (Å²) in [5.41, 5.74) is -0.540. The molecule has 1 aromatic rings. The first-order chi connectivity index (χ1) is 8.75. The molecule has 4 nitrogen and oxygen atoms in total. The van der Waals surface area contributed by atoms with Crippen LogP contribution >= 0.6 is 15.9 Å². The van der Waals surface area contributed by atoms with Gasteiger partial charge in [-0.3, -0.25) is 9.59 Å². The van der Waals surface area contributed by atoms with Gasteiger partial charge in [0.2, 0.25) is 5.91 Å². The van der Waals surface area contributed by atoms with E-state index >= 15 is 0 Å². The van der Waals surface area contributed by atoms with Crippen LogP contribution in [0, 0.1) is 23.1 Å². The highest BCUT2D eigenvalue weighted by molar-refractivity contribution is 9.10. The lowest BCUT2D eigenvalue weighted by Gasteiger charge is -2.07. The van der Waals surface area contributed by atoms with Gasteiger partial charge in [0, 0.05) is 4.47 Å². The first-order valence-electron chi connectivity index (χ1n) is 5.74. The Balaban J connectivity index is 2.13. The van der Waals surface area contributed by atoms with Crippen molar-refractivity contribution >= 4 is 33.5 Å². The Morgan fingerprint density at radius 1 is 1.37 bits per heavy atom. The van der Waals surface area contributed by atoms with Crippen LogP contribution in [0.25, 0.3) is 0 Å². The third-order valence-corrected chi connectivity index (χ3v) is 4.06. The Morgan fingerprint density at radius 2 is 2.00 bits per heavy atom. The molecule has 0 spiro atoms. The second-order valence-electron chi connectivity index (χ2n) is 5.23. The number of hydrogen-bond acceptors (Lipinski definition) is 2. The van der Waals surface area contributed by atoms with Gasteiger partial charge in [0.25, 0.3) is 0 Å². The molecule has 1 aromatic carbocycles. The molecule has 0 aromatic heterocycles. The molecule has 1 saturated carbocycles. The van der Waals surface area contributed by atoms with Gasteiger partial charge in [-0.15, -0.1) is 0 Å². The van der Waals surface area contributed by atoms with Crippen LogP contribution in [0.2, 0.25) is 0 Å². The Hall–Kier alpha value is -1.43. The van der Waals surface area contributed by atoms with Crippen molar-refractivity contribution < 1.29 is 19.1 Å². The zero-order valence-electron chi connectivity index (χ0n) is 10.4. The monoisotopic (exact) mass is 329 g/mol. The van der Waals surface area contributed by atoms with E-state index in [0.29, 0.717) is 4.47 Å². The summed E-state index contributed by atoms with van der Waals surface area (Å²) >= 11 is 3.12. The molecule has 2 N–H and O–H groups in total. The smallest absolute Gasteiger partial charge is 0.307 e. The van der Waals surface area contributed by atoms with Crippen molar-refractivity contribution in [3.05, 3.63) is 28.5 Å². The molecule has 2 rings (SSSR count). The summed E-state index contributed by atoms with van der Waals surface area (Å²) in [7, 11) is 0. The molecule has 2 atom stereocenters. The number of carbonyl (C=O) groups is 2. The number of hydrogen-bond donors (Lipinski definition) is 2. The Kier molecular flexibility index (Phi) is 3.38. The standard InChI is InChI=1S/C13H13BrFNO3/c1-13(2)9(10(13)12(18)19)11(17)16-8-4-3-6(14)5-7(8)15/h3-5,9-10H,1-2H3,(H,16,17)(H,18,19). The second kappa shape index (κ2) is 4.59. The van der Waals surface area contributed by atoms with E-state index in [0.717, 1.165) is 0 Å². The summed E-state index contributed by atoms with van der Waals surface area (Å²) in [6.07, 6.45) is 0. The molecule has 0 radical (unpaired) electrons. The zero-order valence-corrected chi connectivity index (χ0v) is 12.0. The summed E-state index contributed by atoms with van der Waals surface area (Å²) in [6.45, 7) is 3.43. The van der Waals surface area contributed by atoms with Gasteiger partial charge in [-0.2, -0.15) is 0 Å². The number of carbonyl (C=O) groups excluding carboxylic acids is 1. The van der Waals surface area contributed by atoms with Gasteiger partial charge in [0.15, 0.2) is 0 Å². The van der Waals surface area contributed by atoms with E-state index in [9.17, 15) is 14.0 Å². The van der Waals surface area contributed by atoms with E-state index in [1.54, 1.807) is 19.9 Å². The third-order valence-electron chi connectivity index (χ3n) is 3.56. The number of carboxylic acid groups (broad SMARTS) is 1. The van der Waals surface area contributed by atoms with Crippen molar-refractivity contribution in [2.24, 2.45) is 17.3 Å². The first-order valence-corrected chi connectivity index (χ1v) is 6.53. The molecule has 1 fully saturated rings. The predicted octanol–water partition coefficient (Wildman–Crippen LogP) is 2.88. The molecular weight excluding hydrogens is 317 g/mol. The van der Waals surface area contributed by atoms with Crippen molar-refractivity contribution in [2.75, 3.05) is 5.32 Å². The molecule has 0 saturated heterocycles. The molecule has 102 valence electrons. The maximum Gasteiger partial charge on any atom is 0.307 e. The minimum Gasteiger partial charge on any atom is -0.481 e. The molecular formula is C13H13BrFNO3. The number of aliphatic carboxylic acids is 1. The predicted molar refractivity (Wildman–Crippen MR) is 71.1 cm³/mol. The van der Waals surface area contributed by atoms with Crippen LogP contribution in [-0.2, 0) is 9.59 Å². The van der Waals surface area contributed by atoms with Crippen LogP contribution < -0.4 is 5.32 Å². The van der Waals surface area contributed by atoms with Crippen LogP contribution in [0.4, 0.5) is 10.1 Å². The molecule has 0 heterocycles. The molecule has 1 aliphatic rings. The largest absolute Gasteiger partial charge is 0.481 e. The van der Waals surface area contributed by atoms with Crippen LogP contribution in [0.15, 0.2) is 22.7 Å². The summed E-state index contributed by atoms with van der Waals surface area (Å²) in [5, 5.41) is 11.4. The maximum absolute atomic E-state index is 13.6. The lowest BCUT2D eigenvalue weighted by molar-refractivity contribution is -0.140. The fourth-order valence-corrected chi connectivity index (χ4v) is 2.72. The minimum absolute atomic E-state index is 0.0556. The molecule has 6 heteroatoms. The topological polar surface area (TPSA) is 66.4 Å². The summed E-state index contributed by atoms with van der Waals surface area (Å²) in [6, 6.07) is 4.27. The highest BCUT2D eigenvalue weighted by Gasteiger charge is 2.65. The van der Waals surface area contributed by atoms with E-state index in [1.165, 1.54) is 12.1 Å². The highest BCUT2D eigenvalue weighted by atomic mass is 79.9. The van der Waals surface area contributed by atoms with Gasteiger partial charge in [0.1, 0.15) is 5.82 Å². The maximum atomic E-state index is 13.6. The minimum atomic E-state index is -0.999. The summed E-state index contributed by atoms with van der Waals surface area (Å²) in [5.74, 6) is -3.37. The van der Waals surface area contributed by atoms with E-state index in [1.807, 2.05) is 0 Å². The molecule has 0 bridgehead atoms. The summed E-state index contributed by atoms with van der Waals surface area (Å²) in [4.78, 5) is 23.0. The number of nitrogens with one attached hydrogen (secondary N) is 1. The van der Waals surface area contributed by atoms with Gasteiger partial charge in [-0.05, 0) is 23.6 Å². The van der Waals surface area contributed by atoms with Gasteiger partial charge in [-0.25, -0.2) is 4.39 Å². The molecule has 0 aliphatic heterocycles. The number of benzene rings is 1. The highest BCUT2D eigenvalue weighted by Crippen LogP contribution is 2.58. The average Bonchev–Trinajstić information content (AvgIpc) is 2.86. The number of rotatable bonds is 3. The summed E-state index contributed by atoms with van der Waals surface area (Å²) < 4.78 is 14.1. The Labute approximate surface area is 118 Å². The number of halogens is 2. The SMILES string of the molecule is CC1(C)C(C(=O)O)C1C(=O)Nc1ccc(Br)cc1F. The Morgan fingerprint density at radius 3 is 2.47 bits per heavy atom. The lowest BCUT2D eigenvalue weighted by Crippen LogP contribution is -2.18. The molecule has 2 unspecified atom stereocenters. The van der Waals surface area contributed by atoms with E-state index in [2.05, 4.69) is 21.2 Å². The fraction of sp³-hybridized carbons (Fsp3) is 0.385. The van der Waals surface area contributed by atoms with Gasteiger partial charge < -0.3 is 10.4 Å². The molecule has 19 heavy (non-hydrogen) atoms. The Bertz CT molecular complexity index is 559. The van der Waals surface area contributed by atoms with Crippen LogP contribution in [0.5, 0.6) is 0 Å². The first kappa shape index (κ1) is 14.0. The van der Waals surface area contributed by atoms with Crippen molar-refractivity contribution in [1.29, 1.82) is 0 Å².